The lowest BCUT2D eigenvalue weighted by molar-refractivity contribution is 0.100. The average Bonchev–Trinajstić information content (AvgIpc) is 3.76. The molecule has 1 aromatic rings. The summed E-state index contributed by atoms with van der Waals surface area (Å²) >= 11 is 0. The van der Waals surface area contributed by atoms with Gasteiger partial charge in [-0.1, -0.05) is 12.5 Å². The van der Waals surface area contributed by atoms with Gasteiger partial charge in [0.05, 0.1) is 17.9 Å². The normalized spacial score (nSPS) is 19.8. The third-order valence-corrected chi connectivity index (χ3v) is 7.50. The van der Waals surface area contributed by atoms with Gasteiger partial charge in [0.25, 0.3) is 5.91 Å². The highest BCUT2D eigenvalue weighted by Crippen LogP contribution is 2.43. The zero-order valence-electron chi connectivity index (χ0n) is 22.0. The molecule has 1 amide bonds. The van der Waals surface area contributed by atoms with Crippen molar-refractivity contribution >= 4 is 30.7 Å². The van der Waals surface area contributed by atoms with Crippen LogP contribution < -0.4 is 4.90 Å². The summed E-state index contributed by atoms with van der Waals surface area (Å²) in [6.07, 6.45) is 16.0. The minimum atomic E-state index is -0.355. The smallest absolute Gasteiger partial charge is 0.279 e. The molecule has 1 saturated carbocycles. The molecule has 0 radical (unpaired) electrons. The van der Waals surface area contributed by atoms with Gasteiger partial charge in [-0.25, -0.2) is 9.98 Å². The van der Waals surface area contributed by atoms with E-state index in [0.717, 1.165) is 38.3 Å². The molecule has 2 aliphatic heterocycles. The number of phenols is 1. The van der Waals surface area contributed by atoms with Crippen LogP contribution in [0.3, 0.4) is 0 Å². The van der Waals surface area contributed by atoms with Gasteiger partial charge in [0, 0.05) is 37.3 Å². The number of nitrogens with zero attached hydrogens (tertiary/aromatic N) is 4. The van der Waals surface area contributed by atoms with Gasteiger partial charge in [-0.15, -0.1) is 0 Å². The number of allylic oxidation sites excluding steroid dienone is 5. The molecule has 7 nitrogen and oxygen atoms in total. The summed E-state index contributed by atoms with van der Waals surface area (Å²) in [4.78, 5) is 27.2. The molecule has 0 bridgehead atoms. The second kappa shape index (κ2) is 12.7. The monoisotopic (exact) mass is 502 g/mol. The fourth-order valence-corrected chi connectivity index (χ4v) is 5.14. The van der Waals surface area contributed by atoms with Crippen molar-refractivity contribution in [1.29, 1.82) is 0 Å². The van der Waals surface area contributed by atoms with Gasteiger partial charge < -0.3 is 14.7 Å². The van der Waals surface area contributed by atoms with Crippen molar-refractivity contribution in [1.82, 2.24) is 0 Å². The Bertz CT molecular complexity index is 1140. The number of benzene rings is 1. The van der Waals surface area contributed by atoms with Crippen molar-refractivity contribution in [3.05, 3.63) is 59.1 Å². The van der Waals surface area contributed by atoms with Crippen LogP contribution in [0.25, 0.3) is 0 Å². The lowest BCUT2D eigenvalue weighted by Gasteiger charge is -2.34. The number of piperidine rings is 1. The molecule has 4 rings (SSSR count). The van der Waals surface area contributed by atoms with Crippen molar-refractivity contribution in [2.45, 2.75) is 52.4 Å². The Morgan fingerprint density at radius 1 is 1.30 bits per heavy atom. The van der Waals surface area contributed by atoms with Crippen LogP contribution in [0, 0.1) is 17.8 Å². The number of hydrogen-bond donors (Lipinski definition) is 1. The fourth-order valence-electron chi connectivity index (χ4n) is 5.14. The summed E-state index contributed by atoms with van der Waals surface area (Å²) in [6, 6.07) is 4.80. The number of aliphatic imine (C=N–C) groups is 3. The Morgan fingerprint density at radius 2 is 2.08 bits per heavy atom. The van der Waals surface area contributed by atoms with E-state index in [9.17, 15) is 9.90 Å². The molecule has 1 N–H and O–H groups in total. The summed E-state index contributed by atoms with van der Waals surface area (Å²) < 4.78 is 6.12. The van der Waals surface area contributed by atoms with E-state index in [1.165, 1.54) is 37.1 Å². The minimum absolute atomic E-state index is 0.130. The van der Waals surface area contributed by atoms with Crippen molar-refractivity contribution in [3.63, 3.8) is 0 Å². The van der Waals surface area contributed by atoms with Crippen LogP contribution in [0.1, 0.15) is 62.7 Å². The molecule has 1 saturated heterocycles. The Balaban J connectivity index is 1.31. The number of ether oxygens (including phenoxy) is 1. The van der Waals surface area contributed by atoms with E-state index in [4.69, 9.17) is 4.74 Å². The first kappa shape index (κ1) is 26.6. The van der Waals surface area contributed by atoms with Gasteiger partial charge >= 0.3 is 0 Å². The molecule has 1 atom stereocenters. The van der Waals surface area contributed by atoms with Gasteiger partial charge in [-0.3, -0.25) is 9.79 Å². The topological polar surface area (TPSA) is 86.8 Å². The Morgan fingerprint density at radius 3 is 2.78 bits per heavy atom. The Kier molecular flexibility index (Phi) is 9.09. The van der Waals surface area contributed by atoms with Crippen molar-refractivity contribution in [2.75, 3.05) is 24.6 Å². The summed E-state index contributed by atoms with van der Waals surface area (Å²) in [6.45, 7) is 9.69. The van der Waals surface area contributed by atoms with Crippen LogP contribution in [-0.4, -0.2) is 49.9 Å². The van der Waals surface area contributed by atoms with E-state index in [1.54, 1.807) is 25.1 Å². The maximum Gasteiger partial charge on any atom is 0.279 e. The molecule has 2 fully saturated rings. The molecule has 37 heavy (non-hydrogen) atoms. The Hall–Kier alpha value is -3.48. The number of anilines is 1. The maximum absolute atomic E-state index is 12.8. The van der Waals surface area contributed by atoms with E-state index in [-0.39, 0.29) is 11.7 Å². The standard InChI is InChI=1S/C30H38N4O3/c1-4-26(23-5-6-23)24-7-10-29(32-16-12-24)37-20-22-13-17-34(18-14-22)28-19-25(35)8-9-27(28)30(36)33-15-11-21(2)31-3/h8-12,15-16,19,22-23,26,35H,3-7,13-14,17-18,20H2,1-2H3/b21-11-,33-15-. The van der Waals surface area contributed by atoms with Gasteiger partial charge in [-0.05, 0) is 100 Å². The van der Waals surface area contributed by atoms with Crippen LogP contribution in [0.4, 0.5) is 5.69 Å². The number of rotatable bonds is 10. The summed E-state index contributed by atoms with van der Waals surface area (Å²) in [5.74, 6) is 2.43. The second-order valence-electron chi connectivity index (χ2n) is 10.1. The SMILES string of the molecule is C=N/C(C)=C\C=N/C(=O)c1ccc(O)cc1N1CCC(COC2=CCC(C(CC)C3CC3)=CC=N2)CC1. The third kappa shape index (κ3) is 7.28. The molecular formula is C30H38N4O3. The summed E-state index contributed by atoms with van der Waals surface area (Å²) in [5.41, 5.74) is 3.33. The van der Waals surface area contributed by atoms with Crippen molar-refractivity contribution < 1.29 is 14.6 Å². The first-order chi connectivity index (χ1) is 18.0. The zero-order chi connectivity index (χ0) is 26.2. The fraction of sp³-hybridized carbons (Fsp3) is 0.467. The van der Waals surface area contributed by atoms with Crippen molar-refractivity contribution in [2.24, 2.45) is 32.7 Å². The largest absolute Gasteiger partial charge is 0.508 e. The van der Waals surface area contributed by atoms with Crippen LogP contribution >= 0.6 is 0 Å². The molecule has 1 aromatic carbocycles. The molecule has 196 valence electrons. The van der Waals surface area contributed by atoms with Gasteiger partial charge in [0.15, 0.2) is 0 Å². The highest BCUT2D eigenvalue weighted by Gasteiger charge is 2.32. The van der Waals surface area contributed by atoms with Gasteiger partial charge in [0.1, 0.15) is 5.75 Å². The molecular weight excluding hydrogens is 464 g/mol. The van der Waals surface area contributed by atoms with Crippen LogP contribution in [0.2, 0.25) is 0 Å². The summed E-state index contributed by atoms with van der Waals surface area (Å²) in [5, 5.41) is 10.1. The first-order valence-electron chi connectivity index (χ1n) is 13.3. The predicted molar refractivity (Wildman–Crippen MR) is 151 cm³/mol. The molecule has 1 aliphatic carbocycles. The van der Waals surface area contributed by atoms with Gasteiger partial charge in [-0.2, -0.15) is 0 Å². The number of phenolic OH excluding ortho intramolecular Hbond substituents is 1. The van der Waals surface area contributed by atoms with Gasteiger partial charge in [0.2, 0.25) is 5.88 Å². The number of aromatic hydroxyl groups is 1. The van der Waals surface area contributed by atoms with E-state index >= 15 is 0 Å². The van der Waals surface area contributed by atoms with E-state index < -0.39 is 0 Å². The highest BCUT2D eigenvalue weighted by molar-refractivity contribution is 6.04. The molecule has 2 heterocycles. The number of hydrogen-bond acceptors (Lipinski definition) is 6. The highest BCUT2D eigenvalue weighted by atomic mass is 16.5. The molecule has 0 aromatic heterocycles. The van der Waals surface area contributed by atoms with E-state index in [1.807, 2.05) is 6.21 Å². The van der Waals surface area contributed by atoms with E-state index in [0.29, 0.717) is 41.3 Å². The molecule has 1 unspecified atom stereocenters. The quantitative estimate of drug-likeness (QED) is 0.391. The second-order valence-corrected chi connectivity index (χ2v) is 10.1. The van der Waals surface area contributed by atoms with E-state index in [2.05, 4.69) is 45.7 Å². The first-order valence-corrected chi connectivity index (χ1v) is 13.3. The number of amides is 1. The Labute approximate surface area is 220 Å². The molecule has 7 heteroatoms. The van der Waals surface area contributed by atoms with Crippen molar-refractivity contribution in [3.8, 4) is 5.75 Å². The lowest BCUT2D eigenvalue weighted by atomic mass is 9.89. The van der Waals surface area contributed by atoms with Crippen LogP contribution in [-0.2, 0) is 4.74 Å². The molecule has 3 aliphatic rings. The third-order valence-electron chi connectivity index (χ3n) is 7.50. The minimum Gasteiger partial charge on any atom is -0.508 e. The summed E-state index contributed by atoms with van der Waals surface area (Å²) in [7, 11) is 0. The lowest BCUT2D eigenvalue weighted by Crippen LogP contribution is -2.35. The zero-order valence-corrected chi connectivity index (χ0v) is 22.0. The maximum atomic E-state index is 12.8. The number of carbonyl (C=O) groups is 1. The predicted octanol–water partition coefficient (Wildman–Crippen LogP) is 6.12. The average molecular weight is 503 g/mol. The van der Waals surface area contributed by atoms with Crippen LogP contribution in [0.5, 0.6) is 5.75 Å². The van der Waals surface area contributed by atoms with Crippen LogP contribution in [0.15, 0.2) is 68.6 Å². The molecule has 0 spiro atoms. The number of carbonyl (C=O) groups excluding carboxylic acids is 1.